The second kappa shape index (κ2) is 7.04. The van der Waals surface area contributed by atoms with Gasteiger partial charge in [0.2, 0.25) is 0 Å². The Labute approximate surface area is 141 Å². The second-order valence-corrected chi connectivity index (χ2v) is 7.60. The lowest BCUT2D eigenvalue weighted by Gasteiger charge is -2.09. The first kappa shape index (κ1) is 16.0. The highest BCUT2D eigenvalue weighted by Crippen LogP contribution is 2.18. The molecule has 0 saturated carbocycles. The maximum atomic E-state index is 12.0. The maximum Gasteiger partial charge on any atom is 0.256 e. The van der Waals surface area contributed by atoms with Gasteiger partial charge in [-0.3, -0.25) is 9.59 Å². The van der Waals surface area contributed by atoms with E-state index in [1.165, 1.54) is 11.3 Å². The zero-order chi connectivity index (χ0) is 15.4. The second-order valence-electron chi connectivity index (χ2n) is 4.80. The van der Waals surface area contributed by atoms with Crippen LogP contribution in [0.25, 0.3) is 0 Å². The summed E-state index contributed by atoms with van der Waals surface area (Å²) >= 11 is 3.71. The first-order valence-corrected chi connectivity index (χ1v) is 8.38. The van der Waals surface area contributed by atoms with E-state index in [4.69, 9.17) is 0 Å². The molecule has 0 radical (unpaired) electrons. The minimum absolute atomic E-state index is 0.0953. The van der Waals surface area contributed by atoms with Crippen molar-refractivity contribution in [3.8, 4) is 0 Å². The number of rotatable bonds is 4. The molecule has 0 spiro atoms. The molecule has 21 heavy (non-hydrogen) atoms. The fourth-order valence-electron chi connectivity index (χ4n) is 1.68. The summed E-state index contributed by atoms with van der Waals surface area (Å²) < 4.78 is 1.07. The molecule has 2 N–H and O–H groups in total. The van der Waals surface area contributed by atoms with Crippen LogP contribution in [0, 0.1) is 2.88 Å². The molecule has 0 aliphatic carbocycles. The lowest BCUT2D eigenvalue weighted by molar-refractivity contribution is 0.0942. The van der Waals surface area contributed by atoms with E-state index >= 15 is 0 Å². The first-order chi connectivity index (χ1) is 9.95. The smallest absolute Gasteiger partial charge is 0.256 e. The van der Waals surface area contributed by atoms with Gasteiger partial charge in [-0.05, 0) is 66.8 Å². The molecule has 0 aliphatic rings. The summed E-state index contributed by atoms with van der Waals surface area (Å²) in [4.78, 5) is 23.8. The van der Waals surface area contributed by atoms with Gasteiger partial charge in [0.15, 0.2) is 0 Å². The molecule has 0 fully saturated rings. The third-order valence-corrected chi connectivity index (χ3v) is 4.44. The summed E-state index contributed by atoms with van der Waals surface area (Å²) in [7, 11) is 0. The number of thiophene rings is 1. The molecule has 2 aromatic rings. The van der Waals surface area contributed by atoms with Crippen LogP contribution in [0.15, 0.2) is 35.7 Å². The lowest BCUT2D eigenvalue weighted by Crippen LogP contribution is -2.29. The summed E-state index contributed by atoms with van der Waals surface area (Å²) in [6.45, 7) is 3.82. The van der Waals surface area contributed by atoms with Gasteiger partial charge in [0.25, 0.3) is 11.8 Å². The van der Waals surface area contributed by atoms with Crippen LogP contribution in [-0.4, -0.2) is 17.9 Å². The molecule has 2 rings (SSSR count). The van der Waals surface area contributed by atoms with Crippen molar-refractivity contribution in [1.82, 2.24) is 5.32 Å². The number of carbonyl (C=O) groups excluding carboxylic acids is 2. The van der Waals surface area contributed by atoms with Crippen molar-refractivity contribution in [1.29, 1.82) is 0 Å². The first-order valence-electron chi connectivity index (χ1n) is 6.42. The molecule has 0 aliphatic heterocycles. The third kappa shape index (κ3) is 4.53. The van der Waals surface area contributed by atoms with Crippen molar-refractivity contribution in [2.24, 2.45) is 0 Å². The molecule has 4 nitrogen and oxygen atoms in total. The number of hydrogen-bond acceptors (Lipinski definition) is 3. The van der Waals surface area contributed by atoms with Crippen molar-refractivity contribution in [2.75, 3.05) is 5.32 Å². The van der Waals surface area contributed by atoms with Crippen LogP contribution in [-0.2, 0) is 0 Å². The van der Waals surface area contributed by atoms with Gasteiger partial charge in [-0.15, -0.1) is 11.3 Å². The van der Waals surface area contributed by atoms with Gasteiger partial charge >= 0.3 is 0 Å². The standard InChI is InChI=1S/C15H15IN2O2S/c1-9(2)17-14(19)10-3-5-12(6-4-10)18-15(20)11-7-13(16)21-8-11/h3-9H,1-2H3,(H,17,19)(H,18,20). The van der Waals surface area contributed by atoms with Gasteiger partial charge in [-0.25, -0.2) is 0 Å². The highest BCUT2D eigenvalue weighted by atomic mass is 127. The molecule has 2 amide bonds. The van der Waals surface area contributed by atoms with E-state index in [-0.39, 0.29) is 17.9 Å². The Kier molecular flexibility index (Phi) is 5.35. The van der Waals surface area contributed by atoms with Crippen molar-refractivity contribution in [3.63, 3.8) is 0 Å². The summed E-state index contributed by atoms with van der Waals surface area (Å²) in [6, 6.07) is 8.79. The largest absolute Gasteiger partial charge is 0.350 e. The molecule has 0 unspecified atom stereocenters. The summed E-state index contributed by atoms with van der Waals surface area (Å²) in [5, 5.41) is 7.45. The van der Waals surface area contributed by atoms with E-state index in [2.05, 4.69) is 33.2 Å². The zero-order valence-electron chi connectivity index (χ0n) is 11.6. The van der Waals surface area contributed by atoms with Crippen LogP contribution >= 0.6 is 33.9 Å². The van der Waals surface area contributed by atoms with Crippen LogP contribution in [0.2, 0.25) is 0 Å². The minimum atomic E-state index is -0.145. The Bertz CT molecular complexity index is 650. The average molecular weight is 414 g/mol. The van der Waals surface area contributed by atoms with Crippen molar-refractivity contribution in [2.45, 2.75) is 19.9 Å². The van der Waals surface area contributed by atoms with Crippen molar-refractivity contribution in [3.05, 3.63) is 49.7 Å². The highest BCUT2D eigenvalue weighted by Gasteiger charge is 2.10. The quantitative estimate of drug-likeness (QED) is 0.749. The summed E-state index contributed by atoms with van der Waals surface area (Å²) in [5.41, 5.74) is 1.89. The average Bonchev–Trinajstić information content (AvgIpc) is 2.85. The minimum Gasteiger partial charge on any atom is -0.350 e. The molecule has 1 aromatic heterocycles. The normalized spacial score (nSPS) is 10.5. The Morgan fingerprint density at radius 3 is 2.29 bits per heavy atom. The number of amides is 2. The molecule has 6 heteroatoms. The highest BCUT2D eigenvalue weighted by molar-refractivity contribution is 14.1. The Morgan fingerprint density at radius 2 is 1.76 bits per heavy atom. The van der Waals surface area contributed by atoms with E-state index in [0.29, 0.717) is 16.8 Å². The lowest BCUT2D eigenvalue weighted by atomic mass is 10.2. The number of hydrogen-bond donors (Lipinski definition) is 2. The number of anilines is 1. The molecule has 0 atom stereocenters. The number of nitrogens with one attached hydrogen (secondary N) is 2. The fraction of sp³-hybridized carbons (Fsp3) is 0.200. The van der Waals surface area contributed by atoms with Gasteiger partial charge in [0, 0.05) is 22.7 Å². The molecular formula is C15H15IN2O2S. The Morgan fingerprint density at radius 1 is 1.10 bits per heavy atom. The summed E-state index contributed by atoms with van der Waals surface area (Å²) in [6.07, 6.45) is 0. The van der Waals surface area contributed by atoms with Gasteiger partial charge in [-0.2, -0.15) is 0 Å². The molecule has 1 heterocycles. The van der Waals surface area contributed by atoms with Crippen LogP contribution in [0.3, 0.4) is 0 Å². The van der Waals surface area contributed by atoms with E-state index in [1.807, 2.05) is 25.3 Å². The van der Waals surface area contributed by atoms with E-state index in [1.54, 1.807) is 24.3 Å². The van der Waals surface area contributed by atoms with Gasteiger partial charge < -0.3 is 10.6 Å². The monoisotopic (exact) mass is 414 g/mol. The van der Waals surface area contributed by atoms with Crippen LogP contribution in [0.5, 0.6) is 0 Å². The molecule has 1 aromatic carbocycles. The van der Waals surface area contributed by atoms with Crippen LogP contribution in [0.1, 0.15) is 34.6 Å². The number of halogens is 1. The number of benzene rings is 1. The van der Waals surface area contributed by atoms with Gasteiger partial charge in [-0.1, -0.05) is 0 Å². The predicted octanol–water partition coefficient (Wildman–Crippen LogP) is 3.74. The summed E-state index contributed by atoms with van der Waals surface area (Å²) in [5.74, 6) is -0.260. The third-order valence-electron chi connectivity index (χ3n) is 2.65. The van der Waals surface area contributed by atoms with E-state index < -0.39 is 0 Å². The van der Waals surface area contributed by atoms with Gasteiger partial charge in [0.05, 0.1) is 8.45 Å². The SMILES string of the molecule is CC(C)NC(=O)c1ccc(NC(=O)c2csc(I)c2)cc1. The van der Waals surface area contributed by atoms with E-state index in [0.717, 1.165) is 2.88 Å². The zero-order valence-corrected chi connectivity index (χ0v) is 14.6. The molecule has 0 bridgehead atoms. The van der Waals surface area contributed by atoms with Crippen molar-refractivity contribution >= 4 is 51.4 Å². The predicted molar refractivity (Wildman–Crippen MR) is 94.0 cm³/mol. The van der Waals surface area contributed by atoms with Crippen molar-refractivity contribution < 1.29 is 9.59 Å². The molecular weight excluding hydrogens is 399 g/mol. The molecule has 110 valence electrons. The fourth-order valence-corrected chi connectivity index (χ4v) is 3.01. The molecule has 0 saturated heterocycles. The Hall–Kier alpha value is -1.41. The number of carbonyl (C=O) groups is 2. The maximum absolute atomic E-state index is 12.0. The van der Waals surface area contributed by atoms with Crippen LogP contribution in [0.4, 0.5) is 5.69 Å². The topological polar surface area (TPSA) is 58.2 Å². The van der Waals surface area contributed by atoms with Crippen LogP contribution < -0.4 is 10.6 Å². The van der Waals surface area contributed by atoms with E-state index in [9.17, 15) is 9.59 Å². The van der Waals surface area contributed by atoms with Gasteiger partial charge in [0.1, 0.15) is 0 Å². The Balaban J connectivity index is 2.02.